The Balaban J connectivity index is 0.00000338. The molecule has 0 radical (unpaired) electrons. The monoisotopic (exact) mass is 476 g/mol. The molecule has 26 heavy (non-hydrogen) atoms. The zero-order valence-electron chi connectivity index (χ0n) is 15.4. The first-order chi connectivity index (χ1) is 12.2. The molecule has 146 valence electrons. The second-order valence-corrected chi connectivity index (χ2v) is 6.00. The Bertz CT molecular complexity index is 563. The zero-order valence-corrected chi connectivity index (χ0v) is 17.8. The minimum Gasteiger partial charge on any atom is -0.466 e. The fraction of sp³-hybridized carbons (Fsp3) is 0.611. The molecule has 1 aliphatic heterocycles. The summed E-state index contributed by atoms with van der Waals surface area (Å²) in [7, 11) is 0. The van der Waals surface area contributed by atoms with E-state index in [0.29, 0.717) is 6.61 Å². The van der Waals surface area contributed by atoms with Crippen molar-refractivity contribution in [2.45, 2.75) is 32.8 Å². The van der Waals surface area contributed by atoms with Gasteiger partial charge in [-0.3, -0.25) is 14.8 Å². The predicted molar refractivity (Wildman–Crippen MR) is 112 cm³/mol. The van der Waals surface area contributed by atoms with Crippen LogP contribution < -0.4 is 5.32 Å². The van der Waals surface area contributed by atoms with Gasteiger partial charge in [-0.2, -0.15) is 0 Å². The second-order valence-electron chi connectivity index (χ2n) is 6.00. The smallest absolute Gasteiger partial charge is 0.309 e. The molecule has 0 bridgehead atoms. The van der Waals surface area contributed by atoms with E-state index in [4.69, 9.17) is 4.74 Å². The highest BCUT2D eigenvalue weighted by Gasteiger charge is 2.27. The number of nitrogens with zero attached hydrogens (tertiary/aromatic N) is 3. The Kier molecular flexibility index (Phi) is 10.5. The van der Waals surface area contributed by atoms with Crippen LogP contribution in [0.4, 0.5) is 0 Å². The first-order valence-corrected chi connectivity index (χ1v) is 8.93. The number of aliphatic hydroxyl groups is 1. The number of aliphatic hydroxyl groups excluding tert-OH is 1. The van der Waals surface area contributed by atoms with Crippen molar-refractivity contribution in [2.75, 3.05) is 32.8 Å². The Labute approximate surface area is 172 Å². The molecule has 2 N–H and O–H groups in total. The Morgan fingerprint density at radius 1 is 1.38 bits per heavy atom. The summed E-state index contributed by atoms with van der Waals surface area (Å²) in [4.78, 5) is 22.5. The van der Waals surface area contributed by atoms with E-state index in [9.17, 15) is 9.90 Å². The van der Waals surface area contributed by atoms with Crippen LogP contribution in [0.25, 0.3) is 0 Å². The van der Waals surface area contributed by atoms with Crippen LogP contribution in [-0.2, 0) is 9.53 Å². The quantitative estimate of drug-likeness (QED) is 0.283. The van der Waals surface area contributed by atoms with Crippen LogP contribution in [-0.4, -0.2) is 59.7 Å². The first-order valence-electron chi connectivity index (χ1n) is 8.93. The van der Waals surface area contributed by atoms with Crippen molar-refractivity contribution in [3.8, 4) is 0 Å². The van der Waals surface area contributed by atoms with Crippen molar-refractivity contribution in [2.24, 2.45) is 10.9 Å². The van der Waals surface area contributed by atoms with Crippen LogP contribution in [0.5, 0.6) is 0 Å². The largest absolute Gasteiger partial charge is 0.466 e. The molecule has 0 saturated carbocycles. The number of piperidine rings is 1. The number of nitrogens with one attached hydrogen (secondary N) is 1. The number of hydrogen-bond donors (Lipinski definition) is 2. The van der Waals surface area contributed by atoms with Gasteiger partial charge in [0, 0.05) is 32.0 Å². The lowest BCUT2D eigenvalue weighted by Gasteiger charge is -2.33. The number of esters is 1. The molecule has 1 atom stereocenters. The summed E-state index contributed by atoms with van der Waals surface area (Å²) in [5.74, 6) is 0.650. The number of halogens is 1. The van der Waals surface area contributed by atoms with Gasteiger partial charge in [-0.25, -0.2) is 0 Å². The third-order valence-electron chi connectivity index (χ3n) is 4.25. The number of hydrogen-bond acceptors (Lipinski definition) is 5. The molecule has 0 aliphatic carbocycles. The van der Waals surface area contributed by atoms with E-state index >= 15 is 0 Å². The van der Waals surface area contributed by atoms with Gasteiger partial charge < -0.3 is 20.1 Å². The highest BCUT2D eigenvalue weighted by atomic mass is 127. The number of ether oxygens (including phenoxy) is 1. The molecule has 1 aromatic heterocycles. The number of pyridine rings is 1. The van der Waals surface area contributed by atoms with E-state index < -0.39 is 6.10 Å². The van der Waals surface area contributed by atoms with Crippen molar-refractivity contribution in [3.05, 3.63) is 30.1 Å². The summed E-state index contributed by atoms with van der Waals surface area (Å²) in [6, 6.07) is 3.58. The number of aliphatic imine (C=N–C) groups is 1. The SMILES string of the molecule is CCNC(=NCC(O)c1ccncc1)N1CCC(C(=O)OCC)CC1.I. The summed E-state index contributed by atoms with van der Waals surface area (Å²) in [5.41, 5.74) is 0.801. The second kappa shape index (κ2) is 12.1. The first kappa shape index (κ1) is 22.6. The third kappa shape index (κ3) is 6.71. The molecule has 1 fully saturated rings. The number of carbonyl (C=O) groups excluding carboxylic acids is 1. The summed E-state index contributed by atoms with van der Waals surface area (Å²) in [5, 5.41) is 13.5. The van der Waals surface area contributed by atoms with E-state index in [-0.39, 0.29) is 42.4 Å². The van der Waals surface area contributed by atoms with Crippen LogP contribution in [0.1, 0.15) is 38.4 Å². The zero-order chi connectivity index (χ0) is 18.1. The standard InChI is InChI=1S/C18H28N4O3.HI/c1-3-20-18(21-13-16(23)14-5-9-19-10-6-14)22-11-7-15(8-12-22)17(24)25-4-2;/h5-6,9-10,15-16,23H,3-4,7-8,11-13H2,1-2H3,(H,20,21);1H. The van der Waals surface area contributed by atoms with E-state index in [0.717, 1.165) is 44.0 Å². The topological polar surface area (TPSA) is 87.1 Å². The molecule has 2 heterocycles. The molecule has 1 aliphatic rings. The normalized spacial score (nSPS) is 16.6. The van der Waals surface area contributed by atoms with Crippen LogP contribution in [0.3, 0.4) is 0 Å². The summed E-state index contributed by atoms with van der Waals surface area (Å²) < 4.78 is 5.11. The van der Waals surface area contributed by atoms with Crippen LogP contribution in [0.2, 0.25) is 0 Å². The lowest BCUT2D eigenvalue weighted by Crippen LogP contribution is -2.47. The van der Waals surface area contributed by atoms with Crippen LogP contribution >= 0.6 is 24.0 Å². The summed E-state index contributed by atoms with van der Waals surface area (Å²) in [6.45, 7) is 6.81. The van der Waals surface area contributed by atoms with Gasteiger partial charge in [0.2, 0.25) is 0 Å². The molecule has 0 aromatic carbocycles. The summed E-state index contributed by atoms with van der Waals surface area (Å²) >= 11 is 0. The number of carbonyl (C=O) groups is 1. The predicted octanol–water partition coefficient (Wildman–Crippen LogP) is 1.97. The van der Waals surface area contributed by atoms with E-state index in [1.807, 2.05) is 13.8 Å². The Morgan fingerprint density at radius 3 is 2.62 bits per heavy atom. The number of likely N-dealkylation sites (tertiary alicyclic amines) is 1. The molecular weight excluding hydrogens is 447 g/mol. The maximum atomic E-state index is 11.8. The minimum atomic E-state index is -0.659. The van der Waals surface area contributed by atoms with Gasteiger partial charge in [0.05, 0.1) is 25.2 Å². The molecule has 1 unspecified atom stereocenters. The van der Waals surface area contributed by atoms with E-state index in [1.165, 1.54) is 0 Å². The molecule has 1 saturated heterocycles. The van der Waals surface area contributed by atoms with Crippen molar-refractivity contribution < 1.29 is 14.6 Å². The van der Waals surface area contributed by atoms with Crippen molar-refractivity contribution in [3.63, 3.8) is 0 Å². The molecule has 0 spiro atoms. The van der Waals surface area contributed by atoms with Gasteiger partial charge in [-0.15, -0.1) is 24.0 Å². The maximum Gasteiger partial charge on any atom is 0.309 e. The fourth-order valence-electron chi connectivity index (χ4n) is 2.88. The molecule has 1 aromatic rings. The third-order valence-corrected chi connectivity index (χ3v) is 4.25. The van der Waals surface area contributed by atoms with Gasteiger partial charge in [0.1, 0.15) is 0 Å². The molecule has 0 amide bonds. The van der Waals surface area contributed by atoms with Crippen LogP contribution in [0.15, 0.2) is 29.5 Å². The van der Waals surface area contributed by atoms with Crippen molar-refractivity contribution in [1.29, 1.82) is 0 Å². The van der Waals surface area contributed by atoms with E-state index in [2.05, 4.69) is 20.2 Å². The fourth-order valence-corrected chi connectivity index (χ4v) is 2.88. The molecule has 8 heteroatoms. The molecule has 7 nitrogen and oxygen atoms in total. The highest BCUT2D eigenvalue weighted by molar-refractivity contribution is 14.0. The van der Waals surface area contributed by atoms with E-state index in [1.54, 1.807) is 24.5 Å². The number of aromatic nitrogens is 1. The molecular formula is C18H29IN4O3. The lowest BCUT2D eigenvalue weighted by molar-refractivity contribution is -0.149. The van der Waals surface area contributed by atoms with Crippen molar-refractivity contribution >= 4 is 35.9 Å². The minimum absolute atomic E-state index is 0. The van der Waals surface area contributed by atoms with Gasteiger partial charge in [0.15, 0.2) is 5.96 Å². The number of rotatable bonds is 6. The summed E-state index contributed by atoms with van der Waals surface area (Å²) in [6.07, 6.45) is 4.18. The maximum absolute atomic E-state index is 11.8. The van der Waals surface area contributed by atoms with Gasteiger partial charge >= 0.3 is 5.97 Å². The Morgan fingerprint density at radius 2 is 2.04 bits per heavy atom. The van der Waals surface area contributed by atoms with Crippen LogP contribution in [0, 0.1) is 5.92 Å². The van der Waals surface area contributed by atoms with Gasteiger partial charge in [0.25, 0.3) is 0 Å². The van der Waals surface area contributed by atoms with Gasteiger partial charge in [-0.05, 0) is 44.4 Å². The average molecular weight is 476 g/mol. The van der Waals surface area contributed by atoms with Gasteiger partial charge in [-0.1, -0.05) is 0 Å². The Hall–Kier alpha value is -1.42. The average Bonchev–Trinajstić information content (AvgIpc) is 2.66. The highest BCUT2D eigenvalue weighted by Crippen LogP contribution is 2.19. The number of guanidine groups is 1. The lowest BCUT2D eigenvalue weighted by atomic mass is 9.97. The van der Waals surface area contributed by atoms with Crippen molar-refractivity contribution in [1.82, 2.24) is 15.2 Å². The molecule has 2 rings (SSSR count).